The maximum absolute atomic E-state index is 12.9. The van der Waals surface area contributed by atoms with E-state index in [-0.39, 0.29) is 18.8 Å². The van der Waals surface area contributed by atoms with Crippen LogP contribution in [0.4, 0.5) is 18.3 Å². The number of halogens is 3. The van der Waals surface area contributed by atoms with Gasteiger partial charge in [0.05, 0.1) is 22.8 Å². The molecule has 0 amide bonds. The molecule has 1 aliphatic heterocycles. The van der Waals surface area contributed by atoms with E-state index >= 15 is 0 Å². The number of ether oxygens (including phenoxy) is 1. The molecule has 5 nitrogen and oxygen atoms in total. The van der Waals surface area contributed by atoms with Gasteiger partial charge in [0, 0.05) is 25.8 Å². The van der Waals surface area contributed by atoms with Gasteiger partial charge in [0.1, 0.15) is 5.69 Å². The predicted octanol–water partition coefficient (Wildman–Crippen LogP) is 3.30. The van der Waals surface area contributed by atoms with Gasteiger partial charge in [0.25, 0.3) is 0 Å². The Labute approximate surface area is 147 Å². The van der Waals surface area contributed by atoms with E-state index in [1.54, 1.807) is 6.07 Å². The number of pyridine rings is 1. The summed E-state index contributed by atoms with van der Waals surface area (Å²) >= 11 is 1.35. The number of nitrogens with zero attached hydrogens (tertiary/aromatic N) is 3. The molecule has 1 saturated heterocycles. The highest BCUT2D eigenvalue weighted by Gasteiger charge is 2.33. The molecule has 0 aliphatic carbocycles. The summed E-state index contributed by atoms with van der Waals surface area (Å²) in [5.41, 5.74) is 5.87. The largest absolute Gasteiger partial charge is 0.433 e. The highest BCUT2D eigenvalue weighted by Crippen LogP contribution is 2.37. The van der Waals surface area contributed by atoms with Crippen molar-refractivity contribution >= 4 is 16.5 Å². The van der Waals surface area contributed by atoms with Crippen LogP contribution in [0.2, 0.25) is 0 Å². The van der Waals surface area contributed by atoms with Gasteiger partial charge >= 0.3 is 6.18 Å². The summed E-state index contributed by atoms with van der Waals surface area (Å²) in [5.74, 6) is 0. The average Bonchev–Trinajstić information content (AvgIpc) is 2.97. The second kappa shape index (κ2) is 6.89. The van der Waals surface area contributed by atoms with E-state index in [0.29, 0.717) is 29.2 Å². The minimum absolute atomic E-state index is 0.0650. The monoisotopic (exact) mass is 372 g/mol. The maximum Gasteiger partial charge on any atom is 0.433 e. The van der Waals surface area contributed by atoms with Crippen LogP contribution in [0.1, 0.15) is 25.2 Å². The lowest BCUT2D eigenvalue weighted by Crippen LogP contribution is -2.45. The Hall–Kier alpha value is -1.71. The van der Waals surface area contributed by atoms with Crippen molar-refractivity contribution < 1.29 is 17.9 Å². The van der Waals surface area contributed by atoms with E-state index in [1.165, 1.54) is 11.3 Å². The molecule has 136 valence electrons. The number of nitrogens with two attached hydrogens (primary N) is 1. The number of hydrogen-bond acceptors (Lipinski definition) is 6. The molecule has 2 atom stereocenters. The standard InChI is InChI=1S/C16H19F3N4OS/c1-9-7-23(8-10(2)24-9)15-22-12(6-20)14(25-15)11-3-4-21-13(5-11)16(17,18)19/h3-5,9-10H,6-8,20H2,1-2H3. The molecular formula is C16H19F3N4OS. The first-order chi connectivity index (χ1) is 11.8. The molecule has 2 aromatic rings. The van der Waals surface area contributed by atoms with Crippen LogP contribution in [0.3, 0.4) is 0 Å². The summed E-state index contributed by atoms with van der Waals surface area (Å²) in [6.45, 7) is 5.50. The van der Waals surface area contributed by atoms with Crippen molar-refractivity contribution in [1.29, 1.82) is 0 Å². The first-order valence-corrected chi connectivity index (χ1v) is 8.73. The van der Waals surface area contributed by atoms with Gasteiger partial charge in [-0.15, -0.1) is 0 Å². The molecule has 3 heterocycles. The van der Waals surface area contributed by atoms with Crippen LogP contribution in [0.15, 0.2) is 18.3 Å². The summed E-state index contributed by atoms with van der Waals surface area (Å²) in [6, 6.07) is 2.59. The van der Waals surface area contributed by atoms with E-state index in [9.17, 15) is 13.2 Å². The van der Waals surface area contributed by atoms with Crippen LogP contribution >= 0.6 is 11.3 Å². The zero-order valence-electron chi connectivity index (χ0n) is 13.9. The van der Waals surface area contributed by atoms with Gasteiger partial charge in [-0.3, -0.25) is 4.98 Å². The van der Waals surface area contributed by atoms with Crippen molar-refractivity contribution in [2.45, 2.75) is 38.8 Å². The van der Waals surface area contributed by atoms with Crippen LogP contribution in [-0.4, -0.2) is 35.3 Å². The first-order valence-electron chi connectivity index (χ1n) is 7.91. The van der Waals surface area contributed by atoms with Gasteiger partial charge in [-0.05, 0) is 31.5 Å². The van der Waals surface area contributed by atoms with Gasteiger partial charge < -0.3 is 15.4 Å². The average molecular weight is 372 g/mol. The fourth-order valence-electron chi connectivity index (χ4n) is 2.90. The van der Waals surface area contributed by atoms with Crippen molar-refractivity contribution in [3.8, 4) is 10.4 Å². The van der Waals surface area contributed by atoms with Gasteiger partial charge in [0.15, 0.2) is 5.13 Å². The number of anilines is 1. The number of hydrogen-bond donors (Lipinski definition) is 1. The molecular weight excluding hydrogens is 353 g/mol. The van der Waals surface area contributed by atoms with Crippen LogP contribution in [-0.2, 0) is 17.5 Å². The fraction of sp³-hybridized carbons (Fsp3) is 0.500. The van der Waals surface area contributed by atoms with E-state index in [1.807, 2.05) is 13.8 Å². The first kappa shape index (κ1) is 18.1. The van der Waals surface area contributed by atoms with Crippen LogP contribution in [0.25, 0.3) is 10.4 Å². The molecule has 3 rings (SSSR count). The molecule has 9 heteroatoms. The van der Waals surface area contributed by atoms with Gasteiger partial charge in [-0.25, -0.2) is 4.98 Å². The number of aromatic nitrogens is 2. The number of alkyl halides is 3. The van der Waals surface area contributed by atoms with E-state index in [4.69, 9.17) is 10.5 Å². The van der Waals surface area contributed by atoms with Gasteiger partial charge in [0.2, 0.25) is 0 Å². The smallest absolute Gasteiger partial charge is 0.372 e. The van der Waals surface area contributed by atoms with Crippen molar-refractivity contribution in [3.63, 3.8) is 0 Å². The minimum atomic E-state index is -4.48. The molecule has 2 N–H and O–H groups in total. The lowest BCUT2D eigenvalue weighted by Gasteiger charge is -2.35. The molecule has 0 radical (unpaired) electrons. The molecule has 2 aromatic heterocycles. The fourth-order valence-corrected chi connectivity index (χ4v) is 4.01. The lowest BCUT2D eigenvalue weighted by molar-refractivity contribution is -0.141. The number of thiazole rings is 1. The summed E-state index contributed by atoms with van der Waals surface area (Å²) in [4.78, 5) is 10.7. The van der Waals surface area contributed by atoms with Crippen molar-refractivity contribution in [3.05, 3.63) is 29.7 Å². The second-order valence-electron chi connectivity index (χ2n) is 6.07. The molecule has 2 unspecified atom stereocenters. The third-order valence-electron chi connectivity index (χ3n) is 3.88. The highest BCUT2D eigenvalue weighted by atomic mass is 32.1. The minimum Gasteiger partial charge on any atom is -0.372 e. The Balaban J connectivity index is 1.96. The Morgan fingerprint density at radius 3 is 2.60 bits per heavy atom. The van der Waals surface area contributed by atoms with Crippen LogP contribution < -0.4 is 10.6 Å². The lowest BCUT2D eigenvalue weighted by atomic mass is 10.1. The Bertz CT molecular complexity index is 739. The van der Waals surface area contributed by atoms with Gasteiger partial charge in [-0.2, -0.15) is 13.2 Å². The molecule has 0 spiro atoms. The van der Waals surface area contributed by atoms with Crippen molar-refractivity contribution in [2.24, 2.45) is 5.73 Å². The third kappa shape index (κ3) is 3.94. The zero-order chi connectivity index (χ0) is 18.2. The topological polar surface area (TPSA) is 64.3 Å². The molecule has 0 bridgehead atoms. The van der Waals surface area contributed by atoms with Crippen molar-refractivity contribution in [1.82, 2.24) is 9.97 Å². The number of rotatable bonds is 3. The molecule has 25 heavy (non-hydrogen) atoms. The molecule has 1 aliphatic rings. The maximum atomic E-state index is 12.9. The quantitative estimate of drug-likeness (QED) is 0.896. The Morgan fingerprint density at radius 2 is 2.00 bits per heavy atom. The Morgan fingerprint density at radius 1 is 1.32 bits per heavy atom. The summed E-state index contributed by atoms with van der Waals surface area (Å²) in [7, 11) is 0. The van der Waals surface area contributed by atoms with E-state index in [2.05, 4.69) is 14.9 Å². The van der Waals surface area contributed by atoms with Crippen LogP contribution in [0, 0.1) is 0 Å². The molecule has 0 aromatic carbocycles. The number of morpholine rings is 1. The summed E-state index contributed by atoms with van der Waals surface area (Å²) in [5, 5.41) is 0.753. The van der Waals surface area contributed by atoms with Gasteiger partial charge in [-0.1, -0.05) is 11.3 Å². The zero-order valence-corrected chi connectivity index (χ0v) is 14.7. The normalized spacial score (nSPS) is 21.6. The van der Waals surface area contributed by atoms with Crippen molar-refractivity contribution in [2.75, 3.05) is 18.0 Å². The molecule has 1 fully saturated rings. The van der Waals surface area contributed by atoms with E-state index in [0.717, 1.165) is 17.4 Å². The van der Waals surface area contributed by atoms with Crippen LogP contribution in [0.5, 0.6) is 0 Å². The molecule has 0 saturated carbocycles. The Kier molecular flexibility index (Phi) is 4.99. The van der Waals surface area contributed by atoms with E-state index < -0.39 is 11.9 Å². The SMILES string of the molecule is CC1CN(c2nc(CN)c(-c3ccnc(C(F)(F)F)c3)s2)CC(C)O1. The third-order valence-corrected chi connectivity index (χ3v) is 5.09. The second-order valence-corrected chi connectivity index (χ2v) is 7.04. The summed E-state index contributed by atoms with van der Waals surface area (Å²) < 4.78 is 44.5. The summed E-state index contributed by atoms with van der Waals surface area (Å²) in [6.07, 6.45) is -3.19. The highest BCUT2D eigenvalue weighted by molar-refractivity contribution is 7.19. The predicted molar refractivity (Wildman–Crippen MR) is 90.5 cm³/mol.